The number of aliphatic hydroxyl groups is 1. The Morgan fingerprint density at radius 2 is 2.00 bits per heavy atom. The number of hydrogen-bond acceptors (Lipinski definition) is 7. The number of nitrogens with zero attached hydrogens (tertiary/aromatic N) is 4. The SMILES string of the molecule is CC(=O)c1c(C2CC3CCC(C2)N3)nc2c(C3=CC(F)C(C(C)(C)O)N=C3)cnn2c1N. The molecule has 8 nitrogen and oxygen atoms in total. The number of allylic oxidation sites excluding steroid dienone is 1. The molecule has 9 heteroatoms. The molecule has 3 aliphatic heterocycles. The first-order valence-corrected chi connectivity index (χ1v) is 11.2. The molecule has 0 radical (unpaired) electrons. The second-order valence-electron chi connectivity index (χ2n) is 9.86. The Bertz CT molecular complexity index is 1140. The highest BCUT2D eigenvalue weighted by Crippen LogP contribution is 2.39. The third-order valence-corrected chi connectivity index (χ3v) is 6.97. The Kier molecular flexibility index (Phi) is 4.94. The van der Waals surface area contributed by atoms with Crippen molar-refractivity contribution < 1.29 is 14.3 Å². The van der Waals surface area contributed by atoms with Crippen molar-refractivity contribution in [1.29, 1.82) is 0 Å². The lowest BCUT2D eigenvalue weighted by Crippen LogP contribution is -2.42. The van der Waals surface area contributed by atoms with Crippen LogP contribution in [0, 0.1) is 0 Å². The van der Waals surface area contributed by atoms with Gasteiger partial charge in [0, 0.05) is 35.4 Å². The van der Waals surface area contributed by atoms with Crippen LogP contribution in [0.5, 0.6) is 0 Å². The summed E-state index contributed by atoms with van der Waals surface area (Å²) in [4.78, 5) is 21.7. The molecule has 5 heterocycles. The number of nitrogens with two attached hydrogens (primary N) is 1. The van der Waals surface area contributed by atoms with Gasteiger partial charge in [-0.25, -0.2) is 9.37 Å². The molecule has 0 spiro atoms. The van der Waals surface area contributed by atoms with E-state index < -0.39 is 17.8 Å². The number of carbonyl (C=O) groups excluding carboxylic acids is 1. The number of ketones is 1. The molecule has 2 saturated heterocycles. The van der Waals surface area contributed by atoms with E-state index in [0.717, 1.165) is 25.7 Å². The Labute approximate surface area is 185 Å². The van der Waals surface area contributed by atoms with Gasteiger partial charge < -0.3 is 16.2 Å². The van der Waals surface area contributed by atoms with Crippen LogP contribution in [0.1, 0.15) is 74.0 Å². The van der Waals surface area contributed by atoms with Crippen LogP contribution in [-0.4, -0.2) is 61.6 Å². The minimum Gasteiger partial charge on any atom is -0.388 e. The van der Waals surface area contributed by atoms with Crippen molar-refractivity contribution in [2.75, 3.05) is 5.73 Å². The Morgan fingerprint density at radius 1 is 1.31 bits per heavy atom. The van der Waals surface area contributed by atoms with Gasteiger partial charge in [0.15, 0.2) is 11.4 Å². The predicted octanol–water partition coefficient (Wildman–Crippen LogP) is 2.46. The van der Waals surface area contributed by atoms with Crippen LogP contribution in [-0.2, 0) is 0 Å². The van der Waals surface area contributed by atoms with Crippen LogP contribution in [0.2, 0.25) is 0 Å². The van der Waals surface area contributed by atoms with Gasteiger partial charge in [-0.2, -0.15) is 9.61 Å². The zero-order valence-corrected chi connectivity index (χ0v) is 18.5. The Balaban J connectivity index is 1.61. The average Bonchev–Trinajstić information content (AvgIpc) is 3.29. The molecule has 2 aromatic heterocycles. The van der Waals surface area contributed by atoms with Crippen molar-refractivity contribution >= 4 is 29.0 Å². The van der Waals surface area contributed by atoms with E-state index in [4.69, 9.17) is 10.7 Å². The number of rotatable bonds is 4. The van der Waals surface area contributed by atoms with E-state index in [-0.39, 0.29) is 17.5 Å². The number of nitrogen functional groups attached to an aromatic ring is 1. The summed E-state index contributed by atoms with van der Waals surface area (Å²) in [7, 11) is 0. The van der Waals surface area contributed by atoms with E-state index in [9.17, 15) is 14.3 Å². The third kappa shape index (κ3) is 3.44. The summed E-state index contributed by atoms with van der Waals surface area (Å²) in [6, 6.07) is -0.0147. The van der Waals surface area contributed by atoms with E-state index >= 15 is 0 Å². The number of Topliss-reactive ketones (excluding diaryl/α,β-unsaturated/α-hetero) is 1. The van der Waals surface area contributed by atoms with Crippen LogP contribution in [0.4, 0.5) is 10.2 Å². The molecular formula is C23H29FN6O2. The second kappa shape index (κ2) is 7.45. The van der Waals surface area contributed by atoms with Crippen LogP contribution >= 0.6 is 0 Å². The number of piperidine rings is 1. The highest BCUT2D eigenvalue weighted by molar-refractivity contribution is 6.13. The number of halogens is 1. The van der Waals surface area contributed by atoms with E-state index in [1.54, 1.807) is 26.3 Å². The fourth-order valence-corrected chi connectivity index (χ4v) is 5.45. The molecule has 170 valence electrons. The minimum absolute atomic E-state index is 0.130. The Morgan fingerprint density at radius 3 is 2.59 bits per heavy atom. The maximum atomic E-state index is 14.8. The number of carbonyl (C=O) groups is 1. The molecule has 0 aliphatic carbocycles. The van der Waals surface area contributed by atoms with Gasteiger partial charge in [0.2, 0.25) is 0 Å². The monoisotopic (exact) mass is 440 g/mol. The molecule has 2 fully saturated rings. The minimum atomic E-state index is -1.45. The van der Waals surface area contributed by atoms with Gasteiger partial charge in [0.25, 0.3) is 0 Å². The van der Waals surface area contributed by atoms with Gasteiger partial charge in [-0.3, -0.25) is 9.79 Å². The lowest BCUT2D eigenvalue weighted by Gasteiger charge is -2.30. The van der Waals surface area contributed by atoms with Crippen LogP contribution < -0.4 is 11.1 Å². The molecule has 0 amide bonds. The van der Waals surface area contributed by atoms with Crippen molar-refractivity contribution in [3.8, 4) is 0 Å². The van der Waals surface area contributed by atoms with Gasteiger partial charge >= 0.3 is 0 Å². The lowest BCUT2D eigenvalue weighted by atomic mass is 9.86. The lowest BCUT2D eigenvalue weighted by molar-refractivity contribution is 0.0315. The molecule has 0 aromatic carbocycles. The van der Waals surface area contributed by atoms with Crippen LogP contribution in [0.25, 0.3) is 11.2 Å². The van der Waals surface area contributed by atoms with Crippen LogP contribution in [0.3, 0.4) is 0 Å². The maximum Gasteiger partial charge on any atom is 0.165 e. The number of alkyl halides is 1. The molecule has 32 heavy (non-hydrogen) atoms. The number of anilines is 1. The number of aliphatic imine (C=N–C) groups is 1. The van der Waals surface area contributed by atoms with Crippen molar-refractivity contribution in [3.63, 3.8) is 0 Å². The third-order valence-electron chi connectivity index (χ3n) is 6.97. The van der Waals surface area contributed by atoms with Gasteiger partial charge in [-0.05, 0) is 52.5 Å². The summed E-state index contributed by atoms with van der Waals surface area (Å²) < 4.78 is 16.3. The molecule has 4 unspecified atom stereocenters. The summed E-state index contributed by atoms with van der Waals surface area (Å²) in [5.74, 6) is 0.254. The first-order valence-electron chi connectivity index (χ1n) is 11.2. The van der Waals surface area contributed by atoms with E-state index in [0.29, 0.717) is 40.1 Å². The van der Waals surface area contributed by atoms with Crippen molar-refractivity contribution in [1.82, 2.24) is 19.9 Å². The number of nitrogens with one attached hydrogen (secondary N) is 1. The molecule has 4 N–H and O–H groups in total. The topological polar surface area (TPSA) is 118 Å². The molecule has 3 aliphatic rings. The zero-order chi connectivity index (χ0) is 22.8. The average molecular weight is 441 g/mol. The standard InChI is InChI=1S/C23H29FN6O2/c1-11(31)18-19(12-6-14-4-5-15(7-12)28-14)29-22-16(10-27-30(22)21(18)25)13-8-17(24)20(26-9-13)23(2,3)32/h8-10,12,14-15,17,20,28,32H,4-7,25H2,1-3H3. The Hall–Kier alpha value is -2.65. The molecular weight excluding hydrogens is 411 g/mol. The molecule has 0 saturated carbocycles. The summed E-state index contributed by atoms with van der Waals surface area (Å²) in [5, 5.41) is 18.2. The fraction of sp³-hybridized carbons (Fsp3) is 0.565. The number of dihydropyridines is 1. The largest absolute Gasteiger partial charge is 0.388 e. The summed E-state index contributed by atoms with van der Waals surface area (Å²) in [6.07, 6.45) is 7.21. The first-order chi connectivity index (χ1) is 15.1. The predicted molar refractivity (Wildman–Crippen MR) is 121 cm³/mol. The van der Waals surface area contributed by atoms with Crippen molar-refractivity contribution in [3.05, 3.63) is 29.1 Å². The van der Waals surface area contributed by atoms with E-state index in [1.807, 2.05) is 0 Å². The number of fused-ring (bicyclic) bond motifs is 3. The molecule has 2 bridgehead atoms. The smallest absolute Gasteiger partial charge is 0.165 e. The van der Waals surface area contributed by atoms with Gasteiger partial charge in [0.05, 0.1) is 23.1 Å². The molecule has 5 rings (SSSR count). The highest BCUT2D eigenvalue weighted by Gasteiger charge is 2.38. The van der Waals surface area contributed by atoms with Gasteiger partial charge in [-0.15, -0.1) is 0 Å². The summed E-state index contributed by atoms with van der Waals surface area (Å²) in [5.41, 5.74) is 7.91. The summed E-state index contributed by atoms with van der Waals surface area (Å²) in [6.45, 7) is 4.59. The number of aromatic nitrogens is 3. The number of hydrogen-bond donors (Lipinski definition) is 3. The molecule has 2 aromatic rings. The van der Waals surface area contributed by atoms with Gasteiger partial charge in [0.1, 0.15) is 18.0 Å². The fourth-order valence-electron chi connectivity index (χ4n) is 5.45. The maximum absolute atomic E-state index is 14.8. The molecule has 4 atom stereocenters. The highest BCUT2D eigenvalue weighted by atomic mass is 19.1. The second-order valence-corrected chi connectivity index (χ2v) is 9.86. The first kappa shape index (κ1) is 21.2. The van der Waals surface area contributed by atoms with Crippen LogP contribution in [0.15, 0.2) is 17.3 Å². The normalized spacial score (nSPS) is 30.0. The zero-order valence-electron chi connectivity index (χ0n) is 18.5. The van der Waals surface area contributed by atoms with Crippen molar-refractivity contribution in [2.24, 2.45) is 4.99 Å². The van der Waals surface area contributed by atoms with E-state index in [1.165, 1.54) is 17.5 Å². The van der Waals surface area contributed by atoms with Crippen molar-refractivity contribution in [2.45, 2.75) is 82.3 Å². The van der Waals surface area contributed by atoms with E-state index in [2.05, 4.69) is 15.4 Å². The summed E-state index contributed by atoms with van der Waals surface area (Å²) >= 11 is 0. The quantitative estimate of drug-likeness (QED) is 0.629. The van der Waals surface area contributed by atoms with Gasteiger partial charge in [-0.1, -0.05) is 0 Å².